The highest BCUT2D eigenvalue weighted by atomic mass is 35.5. The van der Waals surface area contributed by atoms with E-state index in [1.165, 1.54) is 4.90 Å². The van der Waals surface area contributed by atoms with E-state index in [2.05, 4.69) is 5.32 Å². The second kappa shape index (κ2) is 10.7. The Hall–Kier alpha value is -2.64. The maximum Gasteiger partial charge on any atom is 0.256 e. The third kappa shape index (κ3) is 5.53. The molecule has 1 unspecified atom stereocenters. The summed E-state index contributed by atoms with van der Waals surface area (Å²) >= 11 is 23.7. The Morgan fingerprint density at radius 1 is 0.941 bits per heavy atom. The Morgan fingerprint density at radius 3 is 2.32 bits per heavy atom. The van der Waals surface area contributed by atoms with Crippen LogP contribution in [0.25, 0.3) is 0 Å². The molecule has 2 amide bonds. The van der Waals surface area contributed by atoms with Crippen LogP contribution in [-0.4, -0.2) is 34.4 Å². The number of halogens is 3. The second-order valence-electron chi connectivity index (χ2n) is 7.76. The maximum atomic E-state index is 13.4. The van der Waals surface area contributed by atoms with Crippen LogP contribution in [0.15, 0.2) is 72.8 Å². The van der Waals surface area contributed by atoms with Crippen molar-refractivity contribution in [3.63, 3.8) is 0 Å². The number of rotatable bonds is 7. The lowest BCUT2D eigenvalue weighted by Gasteiger charge is -2.24. The van der Waals surface area contributed by atoms with Gasteiger partial charge in [0.15, 0.2) is 5.11 Å². The molecule has 1 fully saturated rings. The Balaban J connectivity index is 1.54. The first kappa shape index (κ1) is 24.5. The standard InChI is InChI=1S/C25H20Cl3N3O2S/c26-17-8-6-16(7-9-17)12-13-30-22(15-23(32)29-18-10-11-20(27)21(28)14-18)24(33)31(25(30)34)19-4-2-1-3-5-19/h1-11,14,22H,12-13,15H2,(H,29,32). The summed E-state index contributed by atoms with van der Waals surface area (Å²) < 4.78 is 0. The van der Waals surface area contributed by atoms with Gasteiger partial charge in [-0.15, -0.1) is 0 Å². The number of benzene rings is 3. The molecular weight excluding hydrogens is 513 g/mol. The number of carbonyl (C=O) groups excluding carboxylic acids is 2. The molecule has 0 bridgehead atoms. The summed E-state index contributed by atoms with van der Waals surface area (Å²) in [5, 5.41) is 4.54. The van der Waals surface area contributed by atoms with E-state index in [-0.39, 0.29) is 18.2 Å². The van der Waals surface area contributed by atoms with Crippen LogP contribution >= 0.6 is 47.0 Å². The minimum atomic E-state index is -0.734. The van der Waals surface area contributed by atoms with Crippen LogP contribution in [-0.2, 0) is 16.0 Å². The molecular formula is C25H20Cl3N3O2S. The molecule has 0 saturated carbocycles. The molecule has 1 atom stereocenters. The van der Waals surface area contributed by atoms with Gasteiger partial charge in [-0.05, 0) is 66.7 Å². The van der Waals surface area contributed by atoms with Crippen LogP contribution < -0.4 is 10.2 Å². The molecule has 0 aliphatic carbocycles. The van der Waals surface area contributed by atoms with Crippen molar-refractivity contribution in [2.45, 2.75) is 18.9 Å². The third-order valence-electron chi connectivity index (χ3n) is 5.47. The molecule has 1 N–H and O–H groups in total. The van der Waals surface area contributed by atoms with Gasteiger partial charge in [0.05, 0.1) is 22.2 Å². The van der Waals surface area contributed by atoms with E-state index in [0.29, 0.717) is 44.5 Å². The SMILES string of the molecule is O=C(CC1C(=O)N(c2ccccc2)C(=S)N1CCc1ccc(Cl)cc1)Nc1ccc(Cl)c(Cl)c1. The third-order valence-corrected chi connectivity index (χ3v) is 6.88. The lowest BCUT2D eigenvalue weighted by atomic mass is 10.1. The van der Waals surface area contributed by atoms with Crippen LogP contribution in [0.2, 0.25) is 15.1 Å². The van der Waals surface area contributed by atoms with E-state index >= 15 is 0 Å². The molecule has 0 radical (unpaired) electrons. The number of amides is 2. The van der Waals surface area contributed by atoms with Gasteiger partial charge in [-0.25, -0.2) is 0 Å². The Labute approximate surface area is 218 Å². The fourth-order valence-electron chi connectivity index (χ4n) is 3.76. The average Bonchev–Trinajstić information content (AvgIpc) is 3.05. The Kier molecular flexibility index (Phi) is 7.73. The summed E-state index contributed by atoms with van der Waals surface area (Å²) in [6, 6.07) is 20.8. The molecule has 3 aromatic carbocycles. The lowest BCUT2D eigenvalue weighted by molar-refractivity contribution is -0.124. The van der Waals surface area contributed by atoms with Gasteiger partial charge in [-0.3, -0.25) is 14.5 Å². The molecule has 3 aromatic rings. The molecule has 1 heterocycles. The lowest BCUT2D eigenvalue weighted by Crippen LogP contribution is -2.39. The molecule has 1 aliphatic heterocycles. The quantitative estimate of drug-likeness (QED) is 0.367. The number of thiocarbonyl (C=S) groups is 1. The van der Waals surface area contributed by atoms with E-state index in [0.717, 1.165) is 5.56 Å². The van der Waals surface area contributed by atoms with Crippen LogP contribution in [0.1, 0.15) is 12.0 Å². The fraction of sp³-hybridized carbons (Fsp3) is 0.160. The van der Waals surface area contributed by atoms with E-state index in [4.69, 9.17) is 47.0 Å². The smallest absolute Gasteiger partial charge is 0.256 e. The first-order valence-corrected chi connectivity index (χ1v) is 12.1. The van der Waals surface area contributed by atoms with Crippen LogP contribution in [0.3, 0.4) is 0 Å². The predicted octanol–water partition coefficient (Wildman–Crippen LogP) is 6.22. The van der Waals surface area contributed by atoms with E-state index < -0.39 is 6.04 Å². The van der Waals surface area contributed by atoms with Crippen molar-refractivity contribution < 1.29 is 9.59 Å². The summed E-state index contributed by atoms with van der Waals surface area (Å²) in [5.41, 5.74) is 2.22. The minimum Gasteiger partial charge on any atom is -0.336 e. The molecule has 1 saturated heterocycles. The zero-order chi connectivity index (χ0) is 24.2. The van der Waals surface area contributed by atoms with E-state index in [1.54, 1.807) is 18.2 Å². The number of carbonyl (C=O) groups is 2. The van der Waals surface area contributed by atoms with Crippen LogP contribution in [0.5, 0.6) is 0 Å². The highest BCUT2D eigenvalue weighted by Gasteiger charge is 2.43. The number of nitrogens with one attached hydrogen (secondary N) is 1. The topological polar surface area (TPSA) is 52.7 Å². The Bertz CT molecular complexity index is 1220. The summed E-state index contributed by atoms with van der Waals surface area (Å²) in [6.45, 7) is 0.472. The molecule has 0 spiro atoms. The highest BCUT2D eigenvalue weighted by molar-refractivity contribution is 7.80. The number of anilines is 2. The van der Waals surface area contributed by atoms with Crippen molar-refractivity contribution >= 4 is 75.3 Å². The summed E-state index contributed by atoms with van der Waals surface area (Å²) in [7, 11) is 0. The van der Waals surface area contributed by atoms with Gasteiger partial charge in [0, 0.05) is 17.3 Å². The average molecular weight is 533 g/mol. The second-order valence-corrected chi connectivity index (χ2v) is 9.37. The number of hydrogen-bond donors (Lipinski definition) is 1. The van der Waals surface area contributed by atoms with Crippen molar-refractivity contribution in [3.05, 3.63) is 93.4 Å². The number of para-hydroxylation sites is 1. The minimum absolute atomic E-state index is 0.0663. The zero-order valence-electron chi connectivity index (χ0n) is 17.9. The van der Waals surface area contributed by atoms with E-state index in [1.807, 2.05) is 59.5 Å². The zero-order valence-corrected chi connectivity index (χ0v) is 21.0. The Morgan fingerprint density at radius 2 is 1.65 bits per heavy atom. The summed E-state index contributed by atoms with van der Waals surface area (Å²) in [5.74, 6) is -0.567. The molecule has 5 nitrogen and oxygen atoms in total. The molecule has 34 heavy (non-hydrogen) atoms. The predicted molar refractivity (Wildman–Crippen MR) is 142 cm³/mol. The summed E-state index contributed by atoms with van der Waals surface area (Å²) in [4.78, 5) is 29.6. The summed E-state index contributed by atoms with van der Waals surface area (Å²) in [6.07, 6.45) is 0.571. The van der Waals surface area contributed by atoms with E-state index in [9.17, 15) is 9.59 Å². The van der Waals surface area contributed by atoms with Crippen molar-refractivity contribution in [2.75, 3.05) is 16.8 Å². The maximum absolute atomic E-state index is 13.4. The van der Waals surface area contributed by atoms with Gasteiger partial charge in [-0.2, -0.15) is 0 Å². The van der Waals surface area contributed by atoms with Gasteiger partial charge in [-0.1, -0.05) is 65.1 Å². The molecule has 1 aliphatic rings. The normalized spacial score (nSPS) is 15.7. The van der Waals surface area contributed by atoms with Crippen LogP contribution in [0.4, 0.5) is 11.4 Å². The van der Waals surface area contributed by atoms with Gasteiger partial charge < -0.3 is 10.2 Å². The monoisotopic (exact) mass is 531 g/mol. The van der Waals surface area contributed by atoms with Crippen molar-refractivity contribution in [1.29, 1.82) is 0 Å². The molecule has 4 rings (SSSR count). The first-order valence-electron chi connectivity index (χ1n) is 10.5. The molecule has 174 valence electrons. The number of nitrogens with zero attached hydrogens (tertiary/aromatic N) is 2. The largest absolute Gasteiger partial charge is 0.336 e. The van der Waals surface area contributed by atoms with Gasteiger partial charge >= 0.3 is 0 Å². The molecule has 0 aromatic heterocycles. The van der Waals surface area contributed by atoms with Gasteiger partial charge in [0.2, 0.25) is 5.91 Å². The number of hydrogen-bond acceptors (Lipinski definition) is 3. The van der Waals surface area contributed by atoms with Crippen molar-refractivity contribution in [1.82, 2.24) is 4.90 Å². The van der Waals surface area contributed by atoms with Gasteiger partial charge in [0.1, 0.15) is 6.04 Å². The van der Waals surface area contributed by atoms with Crippen molar-refractivity contribution in [2.24, 2.45) is 0 Å². The fourth-order valence-corrected chi connectivity index (χ4v) is 4.60. The first-order chi connectivity index (χ1) is 16.3. The molecule has 9 heteroatoms. The highest BCUT2D eigenvalue weighted by Crippen LogP contribution is 2.29. The van der Waals surface area contributed by atoms with Crippen molar-refractivity contribution in [3.8, 4) is 0 Å². The van der Waals surface area contributed by atoms with Crippen LogP contribution in [0, 0.1) is 0 Å². The van der Waals surface area contributed by atoms with Gasteiger partial charge in [0.25, 0.3) is 5.91 Å².